The fourth-order valence-electron chi connectivity index (χ4n) is 2.67. The van der Waals surface area contributed by atoms with E-state index in [2.05, 4.69) is 10.6 Å². The highest BCUT2D eigenvalue weighted by Crippen LogP contribution is 2.27. The molecule has 0 radical (unpaired) electrons. The zero-order valence-corrected chi connectivity index (χ0v) is 10.8. The van der Waals surface area contributed by atoms with Crippen molar-refractivity contribution in [3.8, 4) is 0 Å². The summed E-state index contributed by atoms with van der Waals surface area (Å²) in [7, 11) is 0. The van der Waals surface area contributed by atoms with E-state index in [4.69, 9.17) is 10.5 Å². The zero-order valence-electron chi connectivity index (χ0n) is 10.8. The molecule has 1 aromatic carbocycles. The van der Waals surface area contributed by atoms with Crippen LogP contribution in [-0.4, -0.2) is 31.7 Å². The molecular formula is C14H19N3O2. The number of fused-ring (bicyclic) bond motifs is 1. The number of nitrogens with one attached hydrogen (secondary N) is 2. The molecule has 2 aliphatic rings. The Labute approximate surface area is 112 Å². The average Bonchev–Trinajstić information content (AvgIpc) is 2.78. The number of hydrogen-bond donors (Lipinski definition) is 3. The molecule has 5 heteroatoms. The number of anilines is 1. The van der Waals surface area contributed by atoms with Gasteiger partial charge in [0.05, 0.1) is 19.1 Å². The summed E-state index contributed by atoms with van der Waals surface area (Å²) < 4.78 is 5.67. The van der Waals surface area contributed by atoms with E-state index in [1.165, 1.54) is 0 Å². The van der Waals surface area contributed by atoms with E-state index in [0.717, 1.165) is 42.9 Å². The highest BCUT2D eigenvalue weighted by Gasteiger charge is 2.21. The Bertz CT molecular complexity index is 484. The number of rotatable bonds is 3. The van der Waals surface area contributed by atoms with Crippen LogP contribution < -0.4 is 16.4 Å². The first-order valence-electron chi connectivity index (χ1n) is 6.73. The van der Waals surface area contributed by atoms with Gasteiger partial charge in [-0.3, -0.25) is 4.79 Å². The van der Waals surface area contributed by atoms with Crippen LogP contribution in [0.3, 0.4) is 0 Å². The van der Waals surface area contributed by atoms with Crippen molar-refractivity contribution in [3.63, 3.8) is 0 Å². The van der Waals surface area contributed by atoms with Crippen LogP contribution >= 0.6 is 0 Å². The lowest BCUT2D eigenvalue weighted by atomic mass is 9.98. The van der Waals surface area contributed by atoms with E-state index >= 15 is 0 Å². The maximum Gasteiger partial charge on any atom is 0.228 e. The van der Waals surface area contributed by atoms with Crippen LogP contribution in [0.1, 0.15) is 23.6 Å². The van der Waals surface area contributed by atoms with Crippen molar-refractivity contribution in [2.45, 2.75) is 25.0 Å². The predicted octanol–water partition coefficient (Wildman–Crippen LogP) is 0.559. The van der Waals surface area contributed by atoms with E-state index in [0.29, 0.717) is 6.42 Å². The van der Waals surface area contributed by atoms with Crippen molar-refractivity contribution in [1.29, 1.82) is 0 Å². The summed E-state index contributed by atoms with van der Waals surface area (Å²) in [5, 5.41) is 6.13. The first-order valence-corrected chi connectivity index (χ1v) is 6.73. The Hall–Kier alpha value is -1.43. The first-order chi connectivity index (χ1) is 9.22. The van der Waals surface area contributed by atoms with Crippen LogP contribution in [0.4, 0.5) is 5.69 Å². The van der Waals surface area contributed by atoms with Gasteiger partial charge in [0.25, 0.3) is 0 Å². The molecule has 3 rings (SSSR count). The number of morpholine rings is 1. The molecule has 0 aromatic heterocycles. The Balaban J connectivity index is 1.68. The number of carbonyl (C=O) groups excluding carboxylic acids is 1. The lowest BCUT2D eigenvalue weighted by Crippen LogP contribution is -2.40. The maximum absolute atomic E-state index is 11.3. The van der Waals surface area contributed by atoms with Gasteiger partial charge < -0.3 is 21.1 Å². The second-order valence-corrected chi connectivity index (χ2v) is 5.18. The fraction of sp³-hybridized carbons (Fsp3) is 0.500. The molecule has 0 saturated carbocycles. The number of ether oxygens (including phenoxy) is 1. The highest BCUT2D eigenvalue weighted by molar-refractivity contribution is 5.99. The molecule has 2 aliphatic heterocycles. The van der Waals surface area contributed by atoms with E-state index in [-0.39, 0.29) is 18.1 Å². The van der Waals surface area contributed by atoms with Gasteiger partial charge in [0.1, 0.15) is 0 Å². The summed E-state index contributed by atoms with van der Waals surface area (Å²) in [4.78, 5) is 11.3. The summed E-state index contributed by atoms with van der Waals surface area (Å²) >= 11 is 0. The highest BCUT2D eigenvalue weighted by atomic mass is 16.5. The van der Waals surface area contributed by atoms with Crippen molar-refractivity contribution < 1.29 is 9.53 Å². The number of benzene rings is 1. The number of carbonyl (C=O) groups is 1. The van der Waals surface area contributed by atoms with Crippen LogP contribution in [0.2, 0.25) is 0 Å². The third-order valence-electron chi connectivity index (χ3n) is 3.70. The number of nitrogens with two attached hydrogens (primary N) is 1. The van der Waals surface area contributed by atoms with Gasteiger partial charge in [0.15, 0.2) is 0 Å². The second-order valence-electron chi connectivity index (χ2n) is 5.18. The molecule has 0 bridgehead atoms. The molecule has 1 fully saturated rings. The molecule has 1 amide bonds. The Kier molecular flexibility index (Phi) is 3.50. The molecule has 0 spiro atoms. The Morgan fingerprint density at radius 3 is 3.16 bits per heavy atom. The predicted molar refractivity (Wildman–Crippen MR) is 72.9 cm³/mol. The molecule has 2 atom stereocenters. The minimum absolute atomic E-state index is 0.0501. The SMILES string of the molecule is NC(CC1CNCCO1)c1ccc2c(c1)CC(=O)N2. The number of amides is 1. The minimum atomic E-state index is -0.0501. The van der Waals surface area contributed by atoms with Gasteiger partial charge in [0.2, 0.25) is 5.91 Å². The van der Waals surface area contributed by atoms with Crippen molar-refractivity contribution in [3.05, 3.63) is 29.3 Å². The van der Waals surface area contributed by atoms with Gasteiger partial charge in [0, 0.05) is 24.8 Å². The molecule has 1 aromatic rings. The fourth-order valence-corrected chi connectivity index (χ4v) is 2.67. The number of hydrogen-bond acceptors (Lipinski definition) is 4. The lowest BCUT2D eigenvalue weighted by Gasteiger charge is -2.26. The van der Waals surface area contributed by atoms with Crippen LogP contribution in [0.25, 0.3) is 0 Å². The molecule has 2 heterocycles. The average molecular weight is 261 g/mol. The second kappa shape index (κ2) is 5.28. The van der Waals surface area contributed by atoms with Crippen molar-refractivity contribution in [2.24, 2.45) is 5.73 Å². The van der Waals surface area contributed by atoms with Gasteiger partial charge >= 0.3 is 0 Å². The van der Waals surface area contributed by atoms with Gasteiger partial charge in [-0.1, -0.05) is 12.1 Å². The largest absolute Gasteiger partial charge is 0.376 e. The smallest absolute Gasteiger partial charge is 0.228 e. The normalized spacial score (nSPS) is 23.8. The van der Waals surface area contributed by atoms with Crippen LogP contribution in [0.15, 0.2) is 18.2 Å². The maximum atomic E-state index is 11.3. The third-order valence-corrected chi connectivity index (χ3v) is 3.70. The zero-order chi connectivity index (χ0) is 13.2. The molecular weight excluding hydrogens is 242 g/mol. The molecule has 4 N–H and O–H groups in total. The molecule has 0 aliphatic carbocycles. The lowest BCUT2D eigenvalue weighted by molar-refractivity contribution is -0.115. The standard InChI is InChI=1S/C14H19N3O2/c15-12(7-11-8-16-3-4-19-11)9-1-2-13-10(5-9)6-14(18)17-13/h1-2,5,11-12,16H,3-4,6-8,15H2,(H,17,18). The summed E-state index contributed by atoms with van der Waals surface area (Å²) in [6, 6.07) is 5.92. The summed E-state index contributed by atoms with van der Waals surface area (Å²) in [5.74, 6) is 0.0561. The Morgan fingerprint density at radius 1 is 1.47 bits per heavy atom. The Morgan fingerprint density at radius 2 is 2.37 bits per heavy atom. The van der Waals surface area contributed by atoms with E-state index in [1.54, 1.807) is 0 Å². The van der Waals surface area contributed by atoms with Crippen LogP contribution in [-0.2, 0) is 16.0 Å². The quantitative estimate of drug-likeness (QED) is 0.743. The van der Waals surface area contributed by atoms with Gasteiger partial charge in [-0.05, 0) is 23.6 Å². The summed E-state index contributed by atoms with van der Waals surface area (Å²) in [6.45, 7) is 2.52. The van der Waals surface area contributed by atoms with Crippen LogP contribution in [0, 0.1) is 0 Å². The molecule has 19 heavy (non-hydrogen) atoms. The summed E-state index contributed by atoms with van der Waals surface area (Å²) in [6.07, 6.45) is 1.43. The molecule has 102 valence electrons. The minimum Gasteiger partial charge on any atom is -0.376 e. The van der Waals surface area contributed by atoms with Gasteiger partial charge in [-0.15, -0.1) is 0 Å². The van der Waals surface area contributed by atoms with Gasteiger partial charge in [-0.25, -0.2) is 0 Å². The summed E-state index contributed by atoms with van der Waals surface area (Å²) in [5.41, 5.74) is 9.27. The van der Waals surface area contributed by atoms with Gasteiger partial charge in [-0.2, -0.15) is 0 Å². The topological polar surface area (TPSA) is 76.4 Å². The third kappa shape index (κ3) is 2.78. The van der Waals surface area contributed by atoms with E-state index in [1.807, 2.05) is 18.2 Å². The van der Waals surface area contributed by atoms with Crippen molar-refractivity contribution >= 4 is 11.6 Å². The van der Waals surface area contributed by atoms with E-state index < -0.39 is 0 Å². The van der Waals surface area contributed by atoms with E-state index in [9.17, 15) is 4.79 Å². The first kappa shape index (κ1) is 12.6. The van der Waals surface area contributed by atoms with Crippen molar-refractivity contribution in [1.82, 2.24) is 5.32 Å². The molecule has 5 nitrogen and oxygen atoms in total. The van der Waals surface area contributed by atoms with Crippen LogP contribution in [0.5, 0.6) is 0 Å². The van der Waals surface area contributed by atoms with Crippen molar-refractivity contribution in [2.75, 3.05) is 25.0 Å². The molecule has 2 unspecified atom stereocenters. The molecule has 1 saturated heterocycles. The monoisotopic (exact) mass is 261 g/mol.